The minimum Gasteiger partial charge on any atom is -0.358 e. The average molecular weight is 266 g/mol. The number of rotatable bonds is 5. The molecule has 1 unspecified atom stereocenters. The van der Waals surface area contributed by atoms with Crippen LogP contribution in [0.5, 0.6) is 0 Å². The predicted octanol–water partition coefficient (Wildman–Crippen LogP) is 4.16. The number of nitrogens with zero attached hydrogens (tertiary/aromatic N) is 1. The van der Waals surface area contributed by atoms with Crippen LogP contribution in [0.4, 0.5) is 5.13 Å². The van der Waals surface area contributed by atoms with Gasteiger partial charge in [-0.25, -0.2) is 4.98 Å². The van der Waals surface area contributed by atoms with Gasteiger partial charge in [-0.05, 0) is 31.2 Å². The van der Waals surface area contributed by atoms with Crippen LogP contribution in [0, 0.1) is 6.92 Å². The van der Waals surface area contributed by atoms with Crippen molar-refractivity contribution in [1.29, 1.82) is 0 Å². The lowest BCUT2D eigenvalue weighted by Gasteiger charge is -2.14. The van der Waals surface area contributed by atoms with Crippen LogP contribution in [0.2, 0.25) is 0 Å². The first-order valence-electron chi connectivity index (χ1n) is 5.86. The first kappa shape index (κ1) is 12.7. The van der Waals surface area contributed by atoms with Crippen LogP contribution in [0.15, 0.2) is 18.2 Å². The van der Waals surface area contributed by atoms with Crippen molar-refractivity contribution in [3.05, 3.63) is 23.8 Å². The Labute approximate surface area is 111 Å². The number of thioether (sulfide) groups is 1. The largest absolute Gasteiger partial charge is 0.358 e. The van der Waals surface area contributed by atoms with Crippen LogP contribution in [-0.4, -0.2) is 23.0 Å². The molecular formula is C13H18N2S2. The Morgan fingerprint density at radius 2 is 2.29 bits per heavy atom. The van der Waals surface area contributed by atoms with Gasteiger partial charge >= 0.3 is 0 Å². The Balaban J connectivity index is 2.21. The van der Waals surface area contributed by atoms with Gasteiger partial charge in [0, 0.05) is 11.8 Å². The topological polar surface area (TPSA) is 24.9 Å². The van der Waals surface area contributed by atoms with E-state index in [-0.39, 0.29) is 0 Å². The van der Waals surface area contributed by atoms with E-state index in [9.17, 15) is 0 Å². The molecule has 0 spiro atoms. The van der Waals surface area contributed by atoms with Gasteiger partial charge in [-0.2, -0.15) is 11.8 Å². The molecule has 0 aliphatic carbocycles. The monoisotopic (exact) mass is 266 g/mol. The Hall–Kier alpha value is -0.740. The molecule has 1 N–H and O–H groups in total. The van der Waals surface area contributed by atoms with E-state index in [4.69, 9.17) is 0 Å². The van der Waals surface area contributed by atoms with E-state index in [1.54, 1.807) is 11.3 Å². The van der Waals surface area contributed by atoms with E-state index in [0.29, 0.717) is 6.04 Å². The summed E-state index contributed by atoms with van der Waals surface area (Å²) in [5.74, 6) is 1.13. The number of anilines is 1. The van der Waals surface area contributed by atoms with Gasteiger partial charge in [-0.1, -0.05) is 30.4 Å². The summed E-state index contributed by atoms with van der Waals surface area (Å²) in [5.41, 5.74) is 2.39. The minimum atomic E-state index is 0.519. The molecule has 2 rings (SSSR count). The second-order valence-corrected chi connectivity index (χ2v) is 6.09. The molecule has 4 heteroatoms. The lowest BCUT2D eigenvalue weighted by molar-refractivity contribution is 0.774. The van der Waals surface area contributed by atoms with Crippen molar-refractivity contribution in [3.63, 3.8) is 0 Å². The van der Waals surface area contributed by atoms with Crippen LogP contribution in [0.3, 0.4) is 0 Å². The quantitative estimate of drug-likeness (QED) is 0.879. The fraction of sp³-hybridized carbons (Fsp3) is 0.462. The van der Waals surface area contributed by atoms with E-state index < -0.39 is 0 Å². The Bertz CT molecular complexity index is 493. The van der Waals surface area contributed by atoms with Crippen LogP contribution in [0.1, 0.15) is 18.9 Å². The summed E-state index contributed by atoms with van der Waals surface area (Å²) >= 11 is 3.63. The van der Waals surface area contributed by atoms with Crippen molar-refractivity contribution in [2.75, 3.05) is 17.3 Å². The molecule has 0 aliphatic heterocycles. The average Bonchev–Trinajstić information content (AvgIpc) is 2.72. The molecule has 0 saturated carbocycles. The molecule has 1 heterocycles. The molecule has 1 atom stereocenters. The number of aromatic nitrogens is 1. The maximum Gasteiger partial charge on any atom is 0.184 e. The van der Waals surface area contributed by atoms with E-state index in [0.717, 1.165) is 22.8 Å². The number of hydrogen-bond donors (Lipinski definition) is 1. The highest BCUT2D eigenvalue weighted by molar-refractivity contribution is 7.98. The van der Waals surface area contributed by atoms with E-state index >= 15 is 0 Å². The first-order valence-corrected chi connectivity index (χ1v) is 8.07. The normalized spacial score (nSPS) is 12.9. The molecule has 0 bridgehead atoms. The van der Waals surface area contributed by atoms with Gasteiger partial charge in [0.25, 0.3) is 0 Å². The fourth-order valence-electron chi connectivity index (χ4n) is 1.79. The van der Waals surface area contributed by atoms with Gasteiger partial charge in [0.1, 0.15) is 0 Å². The van der Waals surface area contributed by atoms with Gasteiger partial charge in [0.2, 0.25) is 0 Å². The van der Waals surface area contributed by atoms with Crippen LogP contribution in [0.25, 0.3) is 10.2 Å². The van der Waals surface area contributed by atoms with Crippen LogP contribution in [-0.2, 0) is 0 Å². The second kappa shape index (κ2) is 5.74. The summed E-state index contributed by atoms with van der Waals surface area (Å²) in [7, 11) is 0. The summed E-state index contributed by atoms with van der Waals surface area (Å²) < 4.78 is 1.27. The molecule has 0 saturated heterocycles. The van der Waals surface area contributed by atoms with E-state index in [1.807, 2.05) is 11.8 Å². The van der Waals surface area contributed by atoms with Gasteiger partial charge in [-0.15, -0.1) is 0 Å². The molecule has 1 aromatic heterocycles. The molecule has 0 fully saturated rings. The Morgan fingerprint density at radius 3 is 2.94 bits per heavy atom. The summed E-state index contributed by atoms with van der Waals surface area (Å²) in [4.78, 5) is 4.68. The van der Waals surface area contributed by atoms with E-state index in [2.05, 4.69) is 48.6 Å². The van der Waals surface area contributed by atoms with Gasteiger partial charge in [-0.3, -0.25) is 0 Å². The number of nitrogens with one attached hydrogen (secondary N) is 1. The zero-order valence-corrected chi connectivity index (χ0v) is 12.1. The number of fused-ring (bicyclic) bond motifs is 1. The summed E-state index contributed by atoms with van der Waals surface area (Å²) in [5, 5.41) is 4.58. The van der Waals surface area contributed by atoms with Crippen molar-refractivity contribution >= 4 is 38.4 Å². The van der Waals surface area contributed by atoms with Gasteiger partial charge in [0.05, 0.1) is 10.2 Å². The third-order valence-corrected chi connectivity index (χ3v) is 4.50. The molecule has 92 valence electrons. The smallest absolute Gasteiger partial charge is 0.184 e. The zero-order chi connectivity index (χ0) is 12.3. The first-order chi connectivity index (χ1) is 8.24. The molecular weight excluding hydrogens is 248 g/mol. The second-order valence-electron chi connectivity index (χ2n) is 4.15. The number of thiazole rings is 1. The molecule has 1 aromatic carbocycles. The highest BCUT2D eigenvalue weighted by atomic mass is 32.2. The lowest BCUT2D eigenvalue weighted by Crippen LogP contribution is -2.20. The van der Waals surface area contributed by atoms with Crippen molar-refractivity contribution in [1.82, 2.24) is 4.98 Å². The molecule has 0 amide bonds. The minimum absolute atomic E-state index is 0.519. The lowest BCUT2D eigenvalue weighted by atomic mass is 10.2. The highest BCUT2D eigenvalue weighted by Gasteiger charge is 2.10. The summed E-state index contributed by atoms with van der Waals surface area (Å²) in [6, 6.07) is 6.87. The Kier molecular flexibility index (Phi) is 4.29. The van der Waals surface area contributed by atoms with Crippen LogP contribution >= 0.6 is 23.1 Å². The third-order valence-electron chi connectivity index (χ3n) is 2.81. The van der Waals surface area contributed by atoms with Crippen molar-refractivity contribution in [2.24, 2.45) is 0 Å². The maximum atomic E-state index is 4.68. The Morgan fingerprint density at radius 1 is 1.47 bits per heavy atom. The van der Waals surface area contributed by atoms with Gasteiger partial charge < -0.3 is 5.32 Å². The molecule has 0 radical (unpaired) electrons. The van der Waals surface area contributed by atoms with Crippen molar-refractivity contribution < 1.29 is 0 Å². The van der Waals surface area contributed by atoms with Crippen LogP contribution < -0.4 is 5.32 Å². The number of hydrogen-bond acceptors (Lipinski definition) is 4. The standard InChI is InChI=1S/C13H18N2S2/c1-4-10(8-16-3)14-13-15-12-9(2)6-5-7-11(12)17-13/h5-7,10H,4,8H2,1-3H3,(H,14,15). The third kappa shape index (κ3) is 2.93. The summed E-state index contributed by atoms with van der Waals surface area (Å²) in [6.45, 7) is 4.33. The number of aryl methyl sites for hydroxylation is 1. The zero-order valence-electron chi connectivity index (χ0n) is 10.5. The molecule has 17 heavy (non-hydrogen) atoms. The summed E-state index contributed by atoms with van der Waals surface area (Å²) in [6.07, 6.45) is 3.28. The van der Waals surface area contributed by atoms with Crippen molar-refractivity contribution in [2.45, 2.75) is 26.3 Å². The molecule has 0 aliphatic rings. The van der Waals surface area contributed by atoms with E-state index in [1.165, 1.54) is 10.3 Å². The predicted molar refractivity (Wildman–Crippen MR) is 80.4 cm³/mol. The molecule has 2 nitrogen and oxygen atoms in total. The molecule has 2 aromatic rings. The maximum absolute atomic E-state index is 4.68. The van der Waals surface area contributed by atoms with Gasteiger partial charge in [0.15, 0.2) is 5.13 Å². The number of para-hydroxylation sites is 1. The van der Waals surface area contributed by atoms with Crippen molar-refractivity contribution in [3.8, 4) is 0 Å². The SMILES string of the molecule is CCC(CSC)Nc1nc2c(C)cccc2s1. The highest BCUT2D eigenvalue weighted by Crippen LogP contribution is 2.28. The number of benzene rings is 1. The fourth-order valence-corrected chi connectivity index (χ4v) is 3.53.